The molecule has 0 radical (unpaired) electrons. The minimum atomic E-state index is -1.05. The topological polar surface area (TPSA) is 60.9 Å². The van der Waals surface area contributed by atoms with Crippen molar-refractivity contribution in [3.8, 4) is 0 Å². The van der Waals surface area contributed by atoms with Gasteiger partial charge in [-0.1, -0.05) is 13.0 Å². The predicted octanol–water partition coefficient (Wildman–Crippen LogP) is 2.72. The zero-order valence-corrected chi connectivity index (χ0v) is 13.0. The normalized spacial score (nSPS) is 22.7. The number of nitrogens with zero attached hydrogens (tertiary/aromatic N) is 2. The Labute approximate surface area is 121 Å². The lowest BCUT2D eigenvalue weighted by atomic mass is 9.93. The third-order valence-electron chi connectivity index (χ3n) is 4.05. The molecule has 1 heterocycles. The van der Waals surface area contributed by atoms with E-state index in [1.54, 1.807) is 11.0 Å². The van der Waals surface area contributed by atoms with Gasteiger partial charge in [0.05, 0.1) is 0 Å². The molecular weight excluding hydrogens is 256 g/mol. The van der Waals surface area contributed by atoms with E-state index in [0.29, 0.717) is 25.9 Å². The Bertz CT molecular complexity index is 400. The molecular formula is C15H26N2O3. The van der Waals surface area contributed by atoms with Crippen LogP contribution in [0.5, 0.6) is 0 Å². The molecule has 1 aliphatic heterocycles. The number of amides is 2. The fourth-order valence-corrected chi connectivity index (χ4v) is 2.81. The smallest absolute Gasteiger partial charge is 0.329 e. The molecule has 0 aliphatic carbocycles. The van der Waals surface area contributed by atoms with Gasteiger partial charge in [-0.25, -0.2) is 9.59 Å². The second-order valence-electron chi connectivity index (χ2n) is 6.30. The van der Waals surface area contributed by atoms with Crippen molar-refractivity contribution in [2.75, 3.05) is 13.1 Å². The highest BCUT2D eigenvalue weighted by atomic mass is 16.4. The third-order valence-corrected chi connectivity index (χ3v) is 4.05. The van der Waals surface area contributed by atoms with Gasteiger partial charge in [-0.05, 0) is 40.0 Å². The first-order valence-electron chi connectivity index (χ1n) is 7.14. The summed E-state index contributed by atoms with van der Waals surface area (Å²) < 4.78 is 0. The first-order chi connectivity index (χ1) is 9.20. The molecule has 5 heteroatoms. The maximum Gasteiger partial charge on any atom is 0.329 e. The molecule has 1 fully saturated rings. The van der Waals surface area contributed by atoms with Crippen LogP contribution in [0.15, 0.2) is 12.7 Å². The fraction of sp³-hybridized carbons (Fsp3) is 0.733. The van der Waals surface area contributed by atoms with Crippen molar-refractivity contribution in [3.05, 3.63) is 12.7 Å². The van der Waals surface area contributed by atoms with E-state index >= 15 is 0 Å². The average molecular weight is 282 g/mol. The Balaban J connectivity index is 3.10. The van der Waals surface area contributed by atoms with E-state index in [1.807, 2.05) is 27.7 Å². The number of aliphatic carboxylic acids is 1. The van der Waals surface area contributed by atoms with Gasteiger partial charge < -0.3 is 14.9 Å². The summed E-state index contributed by atoms with van der Waals surface area (Å²) in [5.74, 6) is -0.904. The minimum absolute atomic E-state index is 0.209. The molecule has 5 nitrogen and oxygen atoms in total. The molecule has 0 spiro atoms. The Morgan fingerprint density at radius 3 is 2.45 bits per heavy atom. The van der Waals surface area contributed by atoms with Crippen LogP contribution in [0.2, 0.25) is 0 Å². The van der Waals surface area contributed by atoms with Gasteiger partial charge in [-0.2, -0.15) is 0 Å². The molecule has 0 aromatic heterocycles. The summed E-state index contributed by atoms with van der Waals surface area (Å²) in [5, 5.41) is 9.56. The van der Waals surface area contributed by atoms with Crippen molar-refractivity contribution in [1.29, 1.82) is 0 Å². The van der Waals surface area contributed by atoms with Crippen LogP contribution in [-0.4, -0.2) is 51.1 Å². The maximum absolute atomic E-state index is 12.8. The average Bonchev–Trinajstić information content (AvgIpc) is 2.78. The fourth-order valence-electron chi connectivity index (χ4n) is 2.81. The molecule has 0 aromatic rings. The Morgan fingerprint density at radius 1 is 1.45 bits per heavy atom. The number of carbonyl (C=O) groups is 2. The maximum atomic E-state index is 12.8. The van der Waals surface area contributed by atoms with E-state index in [0.717, 1.165) is 6.42 Å². The number of carboxylic acids is 1. The van der Waals surface area contributed by atoms with Crippen molar-refractivity contribution in [1.82, 2.24) is 9.80 Å². The lowest BCUT2D eigenvalue weighted by Crippen LogP contribution is -2.59. The van der Waals surface area contributed by atoms with Gasteiger partial charge >= 0.3 is 12.0 Å². The van der Waals surface area contributed by atoms with Crippen LogP contribution >= 0.6 is 0 Å². The molecule has 1 unspecified atom stereocenters. The summed E-state index contributed by atoms with van der Waals surface area (Å²) in [6, 6.07) is -0.209. The number of hydrogen-bond donors (Lipinski definition) is 1. The van der Waals surface area contributed by atoms with Crippen molar-refractivity contribution in [3.63, 3.8) is 0 Å². The van der Waals surface area contributed by atoms with E-state index < -0.39 is 11.5 Å². The largest absolute Gasteiger partial charge is 0.479 e. The number of carboxylic acid groups (broad SMARTS) is 1. The summed E-state index contributed by atoms with van der Waals surface area (Å²) in [6.07, 6.45) is 3.36. The van der Waals surface area contributed by atoms with Crippen LogP contribution in [-0.2, 0) is 4.79 Å². The zero-order valence-electron chi connectivity index (χ0n) is 13.0. The van der Waals surface area contributed by atoms with Crippen LogP contribution in [0.4, 0.5) is 4.79 Å². The van der Waals surface area contributed by atoms with Crippen LogP contribution in [0, 0.1) is 0 Å². The van der Waals surface area contributed by atoms with Crippen LogP contribution in [0.3, 0.4) is 0 Å². The van der Waals surface area contributed by atoms with E-state index in [4.69, 9.17) is 0 Å². The minimum Gasteiger partial charge on any atom is -0.479 e. The van der Waals surface area contributed by atoms with Crippen molar-refractivity contribution < 1.29 is 14.7 Å². The third kappa shape index (κ3) is 2.81. The summed E-state index contributed by atoms with van der Waals surface area (Å²) in [4.78, 5) is 27.7. The SMILES string of the molecule is C=CCN(C(=O)N1CCCC1(CC)C(=O)O)C(C)(C)C. The van der Waals surface area contributed by atoms with E-state index in [1.165, 1.54) is 4.90 Å². The lowest BCUT2D eigenvalue weighted by molar-refractivity contribution is -0.148. The first kappa shape index (κ1) is 16.5. The van der Waals surface area contributed by atoms with Gasteiger partial charge in [0.1, 0.15) is 5.54 Å². The van der Waals surface area contributed by atoms with Crippen LogP contribution < -0.4 is 0 Å². The van der Waals surface area contributed by atoms with Gasteiger partial charge in [0.2, 0.25) is 0 Å². The second-order valence-corrected chi connectivity index (χ2v) is 6.30. The molecule has 0 bridgehead atoms. The summed E-state index contributed by atoms with van der Waals surface area (Å²) in [6.45, 7) is 12.3. The summed E-state index contributed by atoms with van der Waals surface area (Å²) in [7, 11) is 0. The molecule has 1 N–H and O–H groups in total. The van der Waals surface area contributed by atoms with Crippen molar-refractivity contribution in [2.45, 2.75) is 58.0 Å². The number of likely N-dealkylation sites (tertiary alicyclic amines) is 1. The monoisotopic (exact) mass is 282 g/mol. The number of rotatable bonds is 4. The molecule has 0 saturated carbocycles. The summed E-state index contributed by atoms with van der Waals surface area (Å²) >= 11 is 0. The standard InChI is InChI=1S/C15H26N2O3/c1-6-10-16(14(3,4)5)13(20)17-11-8-9-15(17,7-2)12(18)19/h6H,1,7-11H2,2-5H3,(H,18,19). The Hall–Kier alpha value is -1.52. The van der Waals surface area contributed by atoms with Crippen molar-refractivity contribution >= 4 is 12.0 Å². The highest BCUT2D eigenvalue weighted by Crippen LogP contribution is 2.34. The first-order valence-corrected chi connectivity index (χ1v) is 7.14. The molecule has 1 rings (SSSR count). The predicted molar refractivity (Wildman–Crippen MR) is 78.6 cm³/mol. The lowest BCUT2D eigenvalue weighted by Gasteiger charge is -2.42. The zero-order chi connectivity index (χ0) is 15.6. The molecule has 1 aliphatic rings. The van der Waals surface area contributed by atoms with Gasteiger partial charge in [-0.3, -0.25) is 0 Å². The highest BCUT2D eigenvalue weighted by molar-refractivity contribution is 5.87. The van der Waals surface area contributed by atoms with Gasteiger partial charge in [0.15, 0.2) is 0 Å². The Kier molecular flexibility index (Phi) is 4.84. The van der Waals surface area contributed by atoms with Gasteiger partial charge in [0.25, 0.3) is 0 Å². The van der Waals surface area contributed by atoms with E-state index in [9.17, 15) is 14.7 Å². The van der Waals surface area contributed by atoms with Crippen LogP contribution in [0.25, 0.3) is 0 Å². The quantitative estimate of drug-likeness (QED) is 0.806. The van der Waals surface area contributed by atoms with Gasteiger partial charge in [-0.15, -0.1) is 6.58 Å². The van der Waals surface area contributed by atoms with E-state index in [-0.39, 0.29) is 11.6 Å². The molecule has 0 aromatic carbocycles. The number of urea groups is 1. The van der Waals surface area contributed by atoms with Gasteiger partial charge in [0, 0.05) is 18.6 Å². The summed E-state index contributed by atoms with van der Waals surface area (Å²) in [5.41, 5.74) is -1.42. The molecule has 114 valence electrons. The van der Waals surface area contributed by atoms with E-state index in [2.05, 4.69) is 6.58 Å². The number of hydrogen-bond acceptors (Lipinski definition) is 2. The Morgan fingerprint density at radius 2 is 2.05 bits per heavy atom. The molecule has 1 saturated heterocycles. The second kappa shape index (κ2) is 5.85. The molecule has 20 heavy (non-hydrogen) atoms. The molecule has 1 atom stereocenters. The van der Waals surface area contributed by atoms with Crippen molar-refractivity contribution in [2.24, 2.45) is 0 Å². The van der Waals surface area contributed by atoms with Crippen LogP contribution in [0.1, 0.15) is 47.0 Å². The number of carbonyl (C=O) groups excluding carboxylic acids is 1. The highest BCUT2D eigenvalue weighted by Gasteiger charge is 2.50. The molecule has 2 amide bonds.